The van der Waals surface area contributed by atoms with Crippen molar-refractivity contribution in [2.24, 2.45) is 0 Å². The molecule has 24 heavy (non-hydrogen) atoms. The van der Waals surface area contributed by atoms with Gasteiger partial charge in [-0.25, -0.2) is 0 Å². The van der Waals surface area contributed by atoms with Crippen molar-refractivity contribution in [2.75, 3.05) is 12.3 Å². The number of nitro groups is 1. The molecule has 128 valence electrons. The second kappa shape index (κ2) is 7.58. The number of anilines is 1. The van der Waals surface area contributed by atoms with Crippen LogP contribution in [0.4, 0.5) is 11.4 Å². The number of nitrogen functional groups attached to an aromatic ring is 1. The zero-order chi connectivity index (χ0) is 17.7. The van der Waals surface area contributed by atoms with Gasteiger partial charge < -0.3 is 11.1 Å². The van der Waals surface area contributed by atoms with Crippen LogP contribution in [0.5, 0.6) is 0 Å². The number of nitrogens with zero attached hydrogens (tertiary/aromatic N) is 3. The summed E-state index contributed by atoms with van der Waals surface area (Å²) < 4.78 is 1.51. The highest BCUT2D eigenvalue weighted by Gasteiger charge is 2.21. The van der Waals surface area contributed by atoms with Gasteiger partial charge >= 0.3 is 5.69 Å². The minimum atomic E-state index is -0.444. The number of hydrogen-bond acceptors (Lipinski definition) is 5. The fraction of sp³-hybridized carbons (Fsp3) is 0.375. The highest BCUT2D eigenvalue weighted by molar-refractivity contribution is 5.75. The van der Waals surface area contributed by atoms with Crippen molar-refractivity contribution in [3.63, 3.8) is 0 Å². The van der Waals surface area contributed by atoms with Crippen LogP contribution in [0.25, 0.3) is 0 Å². The van der Waals surface area contributed by atoms with E-state index in [4.69, 9.17) is 5.73 Å². The Kier molecular flexibility index (Phi) is 5.51. The molecule has 0 aliphatic carbocycles. The Morgan fingerprint density at radius 3 is 2.58 bits per heavy atom. The predicted octanol–water partition coefficient (Wildman–Crippen LogP) is 1.74. The molecule has 1 aromatic carbocycles. The van der Waals surface area contributed by atoms with Crippen LogP contribution in [-0.2, 0) is 17.8 Å². The molecule has 0 unspecified atom stereocenters. The number of rotatable bonds is 7. The molecule has 1 aromatic heterocycles. The van der Waals surface area contributed by atoms with E-state index < -0.39 is 4.92 Å². The summed E-state index contributed by atoms with van der Waals surface area (Å²) in [5, 5.41) is 17.9. The first-order valence-electron chi connectivity index (χ1n) is 7.68. The molecular formula is C16H21N5O3. The molecule has 1 heterocycles. The minimum absolute atomic E-state index is 0.0127. The highest BCUT2D eigenvalue weighted by atomic mass is 16.6. The van der Waals surface area contributed by atoms with Crippen molar-refractivity contribution in [3.05, 3.63) is 51.3 Å². The van der Waals surface area contributed by atoms with Crippen LogP contribution >= 0.6 is 0 Å². The molecule has 0 saturated carbocycles. The molecule has 0 saturated heterocycles. The van der Waals surface area contributed by atoms with Gasteiger partial charge in [-0.3, -0.25) is 19.6 Å². The molecule has 3 N–H and O–H groups in total. The number of carbonyl (C=O) groups excluding carboxylic acids is 1. The molecule has 1 amide bonds. The molecule has 0 aliphatic heterocycles. The summed E-state index contributed by atoms with van der Waals surface area (Å²) in [5.74, 6) is -0.111. The number of carbonyl (C=O) groups is 1. The lowest BCUT2D eigenvalue weighted by Crippen LogP contribution is -2.26. The summed E-state index contributed by atoms with van der Waals surface area (Å²) >= 11 is 0. The van der Waals surface area contributed by atoms with Gasteiger partial charge in [0.15, 0.2) is 0 Å². The predicted molar refractivity (Wildman–Crippen MR) is 90.5 cm³/mol. The lowest BCUT2D eigenvalue weighted by Gasteiger charge is -2.07. The van der Waals surface area contributed by atoms with E-state index in [1.54, 1.807) is 13.8 Å². The minimum Gasteiger partial charge on any atom is -0.399 e. The summed E-state index contributed by atoms with van der Waals surface area (Å²) in [6.07, 6.45) is 0.943. The topological polar surface area (TPSA) is 116 Å². The summed E-state index contributed by atoms with van der Waals surface area (Å²) in [6, 6.07) is 7.51. The molecule has 2 rings (SSSR count). The molecule has 0 aliphatic rings. The van der Waals surface area contributed by atoms with Gasteiger partial charge in [0.2, 0.25) is 5.91 Å². The van der Waals surface area contributed by atoms with Gasteiger partial charge in [-0.05, 0) is 38.0 Å². The smallest absolute Gasteiger partial charge is 0.312 e. The maximum atomic E-state index is 11.9. The maximum absolute atomic E-state index is 11.9. The molecular weight excluding hydrogens is 310 g/mol. The van der Waals surface area contributed by atoms with E-state index in [-0.39, 0.29) is 18.0 Å². The fourth-order valence-corrected chi connectivity index (χ4v) is 2.50. The molecule has 8 heteroatoms. The molecule has 0 radical (unpaired) electrons. The SMILES string of the molecule is Cc1nn(CCC(=O)NCCc2ccc(N)cc2)c(C)c1[N+](=O)[O-]. The average Bonchev–Trinajstić information content (AvgIpc) is 2.81. The third-order valence-electron chi connectivity index (χ3n) is 3.79. The maximum Gasteiger partial charge on any atom is 0.312 e. The molecule has 0 atom stereocenters. The van der Waals surface area contributed by atoms with Crippen LogP contribution in [0.1, 0.15) is 23.4 Å². The van der Waals surface area contributed by atoms with Gasteiger partial charge in [-0.15, -0.1) is 0 Å². The number of nitrogens with one attached hydrogen (secondary N) is 1. The van der Waals surface area contributed by atoms with Crippen molar-refractivity contribution >= 4 is 17.3 Å². The third-order valence-corrected chi connectivity index (χ3v) is 3.79. The van der Waals surface area contributed by atoms with Gasteiger partial charge in [-0.2, -0.15) is 5.10 Å². The van der Waals surface area contributed by atoms with Crippen LogP contribution in [0.2, 0.25) is 0 Å². The lowest BCUT2D eigenvalue weighted by atomic mass is 10.1. The summed E-state index contributed by atoms with van der Waals surface area (Å²) in [7, 11) is 0. The van der Waals surface area contributed by atoms with E-state index in [2.05, 4.69) is 10.4 Å². The van der Waals surface area contributed by atoms with Gasteiger partial charge in [0.25, 0.3) is 0 Å². The van der Waals surface area contributed by atoms with E-state index in [1.807, 2.05) is 24.3 Å². The first kappa shape index (κ1) is 17.5. The number of aromatic nitrogens is 2. The molecule has 8 nitrogen and oxygen atoms in total. The molecule has 0 bridgehead atoms. The quantitative estimate of drug-likeness (QED) is 0.455. The van der Waals surface area contributed by atoms with Crippen LogP contribution in [0.15, 0.2) is 24.3 Å². The van der Waals surface area contributed by atoms with Crippen molar-refractivity contribution in [3.8, 4) is 0 Å². The van der Waals surface area contributed by atoms with E-state index in [1.165, 1.54) is 4.68 Å². The van der Waals surface area contributed by atoms with Crippen molar-refractivity contribution in [1.82, 2.24) is 15.1 Å². The van der Waals surface area contributed by atoms with Gasteiger partial charge in [-0.1, -0.05) is 12.1 Å². The molecule has 0 spiro atoms. The Labute approximate surface area is 139 Å². The lowest BCUT2D eigenvalue weighted by molar-refractivity contribution is -0.386. The fourth-order valence-electron chi connectivity index (χ4n) is 2.50. The zero-order valence-electron chi connectivity index (χ0n) is 13.8. The summed E-state index contributed by atoms with van der Waals surface area (Å²) in [6.45, 7) is 4.07. The van der Waals surface area contributed by atoms with Crippen molar-refractivity contribution in [1.29, 1.82) is 0 Å². The number of hydrogen-bond donors (Lipinski definition) is 2. The average molecular weight is 331 g/mol. The number of aryl methyl sites for hydroxylation is 2. The Balaban J connectivity index is 1.80. The van der Waals surface area contributed by atoms with E-state index in [0.29, 0.717) is 30.2 Å². The second-order valence-electron chi connectivity index (χ2n) is 5.59. The van der Waals surface area contributed by atoms with Crippen LogP contribution in [0, 0.1) is 24.0 Å². The number of amides is 1. The van der Waals surface area contributed by atoms with Crippen LogP contribution in [0.3, 0.4) is 0 Å². The Morgan fingerprint density at radius 2 is 2.00 bits per heavy atom. The second-order valence-corrected chi connectivity index (χ2v) is 5.59. The monoisotopic (exact) mass is 331 g/mol. The van der Waals surface area contributed by atoms with Crippen LogP contribution < -0.4 is 11.1 Å². The molecule has 0 fully saturated rings. The van der Waals surface area contributed by atoms with E-state index in [0.717, 1.165) is 12.0 Å². The van der Waals surface area contributed by atoms with Crippen LogP contribution in [-0.4, -0.2) is 27.2 Å². The largest absolute Gasteiger partial charge is 0.399 e. The zero-order valence-corrected chi connectivity index (χ0v) is 13.8. The molecule has 2 aromatic rings. The van der Waals surface area contributed by atoms with Gasteiger partial charge in [0, 0.05) is 18.7 Å². The van der Waals surface area contributed by atoms with E-state index in [9.17, 15) is 14.9 Å². The highest BCUT2D eigenvalue weighted by Crippen LogP contribution is 2.21. The third kappa shape index (κ3) is 4.31. The Bertz CT molecular complexity index is 737. The van der Waals surface area contributed by atoms with Gasteiger partial charge in [0.05, 0.1) is 11.5 Å². The first-order valence-corrected chi connectivity index (χ1v) is 7.68. The van der Waals surface area contributed by atoms with E-state index >= 15 is 0 Å². The number of benzene rings is 1. The summed E-state index contributed by atoms with van der Waals surface area (Å²) in [4.78, 5) is 22.4. The van der Waals surface area contributed by atoms with Crippen molar-refractivity contribution in [2.45, 2.75) is 33.2 Å². The number of nitrogens with two attached hydrogens (primary N) is 1. The Hall–Kier alpha value is -2.90. The van der Waals surface area contributed by atoms with Gasteiger partial charge in [0.1, 0.15) is 11.4 Å². The standard InChI is InChI=1S/C16H21N5O3/c1-11-16(21(23)24)12(2)20(19-11)10-8-15(22)18-9-7-13-3-5-14(17)6-4-13/h3-6H,7-10,17H2,1-2H3,(H,18,22). The first-order chi connectivity index (χ1) is 11.4. The normalized spacial score (nSPS) is 10.6. The Morgan fingerprint density at radius 1 is 1.33 bits per heavy atom. The van der Waals surface area contributed by atoms with Crippen molar-refractivity contribution < 1.29 is 9.72 Å². The summed E-state index contributed by atoms with van der Waals surface area (Å²) in [5.41, 5.74) is 8.27.